The summed E-state index contributed by atoms with van der Waals surface area (Å²) >= 11 is -0.351. The van der Waals surface area contributed by atoms with Crippen LogP contribution < -0.4 is 5.26 Å². The third-order valence-electron chi connectivity index (χ3n) is 4.98. The summed E-state index contributed by atoms with van der Waals surface area (Å²) < 4.78 is 35.4. The summed E-state index contributed by atoms with van der Waals surface area (Å²) in [6.45, 7) is -0.602. The van der Waals surface area contributed by atoms with Crippen LogP contribution in [0.15, 0.2) is 0 Å². The molecule has 0 N–H and O–H groups in total. The molecule has 4 fully saturated rings. The number of ether oxygens (including phenoxy) is 1. The normalized spacial score (nSPS) is 38.2. The van der Waals surface area contributed by atoms with E-state index in [0.29, 0.717) is 11.7 Å². The van der Waals surface area contributed by atoms with Gasteiger partial charge in [-0.25, -0.2) is 0 Å². The lowest BCUT2D eigenvalue weighted by atomic mass is 9.49. The van der Waals surface area contributed by atoms with Crippen molar-refractivity contribution in [3.05, 3.63) is 0 Å². The Hall–Kier alpha value is -0.280. The Bertz CT molecular complexity index is 401. The fourth-order valence-corrected chi connectivity index (χ4v) is 4.82. The van der Waals surface area contributed by atoms with E-state index in [1.54, 1.807) is 0 Å². The topological polar surface area (TPSA) is 67.8 Å². The van der Waals surface area contributed by atoms with Crippen molar-refractivity contribution >= 4 is 17.8 Å². The predicted octanol–water partition coefficient (Wildman–Crippen LogP) is 1.86. The molecule has 0 amide bonds. The van der Waals surface area contributed by atoms with E-state index in [0.717, 1.165) is 32.1 Å². The molecule has 21 heavy (non-hydrogen) atoms. The summed E-state index contributed by atoms with van der Waals surface area (Å²) in [5.74, 6) is 1.11. The minimum Gasteiger partial charge on any atom is -0.691 e. The summed E-state index contributed by atoms with van der Waals surface area (Å²) in [4.78, 5) is 12.0. The van der Waals surface area contributed by atoms with Crippen LogP contribution >= 0.6 is 12.0 Å². The largest absolute Gasteiger partial charge is 0.691 e. The molecular weight excluding hydrogens is 306 g/mol. The summed E-state index contributed by atoms with van der Waals surface area (Å²) in [5, 5.41) is 9.14. The van der Waals surface area contributed by atoms with Gasteiger partial charge in [0.2, 0.25) is 0 Å². The second-order valence-electron chi connectivity index (χ2n) is 6.60. The fourth-order valence-electron chi connectivity index (χ4n) is 4.56. The van der Waals surface area contributed by atoms with Crippen LogP contribution in [0.1, 0.15) is 32.1 Å². The lowest BCUT2D eigenvalue weighted by molar-refractivity contribution is -0.777. The molecule has 0 aliphatic heterocycles. The Kier molecular flexibility index (Phi) is 4.26. The van der Waals surface area contributed by atoms with Crippen LogP contribution in [0, 0.1) is 23.2 Å². The molecule has 4 saturated carbocycles. The fraction of sp³-hybridized carbons (Fsp3) is 0.923. The first-order valence-corrected chi connectivity index (χ1v) is 7.81. The van der Waals surface area contributed by atoms with E-state index in [1.165, 1.54) is 0 Å². The number of carbonyl (C=O) groups is 1. The number of halogens is 2. The maximum absolute atomic E-state index is 13.3. The van der Waals surface area contributed by atoms with Gasteiger partial charge in [0.15, 0.2) is 0 Å². The molecule has 0 aromatic carbocycles. The van der Waals surface area contributed by atoms with E-state index in [-0.39, 0.29) is 35.9 Å². The summed E-state index contributed by atoms with van der Waals surface area (Å²) in [6, 6.07) is 0. The molecule has 120 valence electrons. The van der Waals surface area contributed by atoms with Gasteiger partial charge in [-0.15, -0.1) is 0 Å². The van der Waals surface area contributed by atoms with Crippen LogP contribution in [0.3, 0.4) is 0 Å². The van der Waals surface area contributed by atoms with Gasteiger partial charge in [-0.2, -0.15) is 13.1 Å². The van der Waals surface area contributed by atoms with Crippen molar-refractivity contribution in [2.24, 2.45) is 23.2 Å². The first kappa shape index (κ1) is 15.6. The van der Waals surface area contributed by atoms with E-state index in [2.05, 4.69) is 9.37 Å². The molecule has 4 rings (SSSR count). The molecule has 0 aromatic heterocycles. The minimum absolute atomic E-state index is 0.104. The smallest absolute Gasteiger partial charge is 0.343 e. The van der Waals surface area contributed by atoms with Crippen LogP contribution in [0.25, 0.3) is 0 Å². The molecule has 8 heteroatoms. The predicted molar refractivity (Wildman–Crippen MR) is 66.5 cm³/mol. The van der Waals surface area contributed by atoms with Gasteiger partial charge < -0.3 is 9.99 Å². The van der Waals surface area contributed by atoms with Crippen LogP contribution in [-0.4, -0.2) is 24.3 Å². The molecule has 2 atom stereocenters. The summed E-state index contributed by atoms with van der Waals surface area (Å²) in [5.41, 5.74) is -0.124. The van der Waals surface area contributed by atoms with Gasteiger partial charge in [0.05, 0.1) is 6.61 Å². The van der Waals surface area contributed by atoms with E-state index in [9.17, 15) is 18.8 Å². The molecular formula is C13H17F2O5S-. The van der Waals surface area contributed by atoms with E-state index < -0.39 is 11.9 Å². The van der Waals surface area contributed by atoms with Gasteiger partial charge in [0.25, 0.3) is 0 Å². The Morgan fingerprint density at radius 3 is 2.57 bits per heavy atom. The number of hydrogen-bond donors (Lipinski definition) is 0. The van der Waals surface area contributed by atoms with E-state index >= 15 is 0 Å². The lowest BCUT2D eigenvalue weighted by Gasteiger charge is -2.55. The summed E-state index contributed by atoms with van der Waals surface area (Å²) in [7, 11) is 0. The zero-order chi connectivity index (χ0) is 15.1. The molecule has 0 heterocycles. The minimum atomic E-state index is -3.33. The standard InChI is InChI=1S/C13H18F2O5S/c14-13(15,21-20-19-17)7-18-6-12-3-8-1-9(4-12)11(16)10(2-8)5-12/h8-10,17H,1-7H2/p-1. The monoisotopic (exact) mass is 323 g/mol. The second-order valence-corrected chi connectivity index (χ2v) is 7.50. The van der Waals surface area contributed by atoms with Crippen LogP contribution in [-0.2, 0) is 18.9 Å². The Morgan fingerprint density at radius 1 is 1.29 bits per heavy atom. The van der Waals surface area contributed by atoms with Crippen LogP contribution in [0.5, 0.6) is 0 Å². The highest BCUT2D eigenvalue weighted by Gasteiger charge is 2.55. The Balaban J connectivity index is 1.53. The van der Waals surface area contributed by atoms with Crippen molar-refractivity contribution in [2.75, 3.05) is 13.2 Å². The number of carbonyl (C=O) groups excluding carboxylic acids is 1. The van der Waals surface area contributed by atoms with Crippen molar-refractivity contribution in [3.8, 4) is 0 Å². The Morgan fingerprint density at radius 2 is 1.95 bits per heavy atom. The van der Waals surface area contributed by atoms with E-state index in [1.807, 2.05) is 0 Å². The first-order chi connectivity index (χ1) is 9.93. The number of alkyl halides is 2. The maximum Gasteiger partial charge on any atom is 0.343 e. The van der Waals surface area contributed by atoms with E-state index in [4.69, 9.17) is 4.74 Å². The third-order valence-corrected chi connectivity index (χ3v) is 5.47. The molecule has 0 saturated heterocycles. The van der Waals surface area contributed by atoms with Gasteiger partial charge in [-0.1, -0.05) is 0 Å². The highest BCUT2D eigenvalue weighted by molar-refractivity contribution is 7.95. The number of ketones is 1. The Labute approximate surface area is 125 Å². The lowest BCUT2D eigenvalue weighted by Crippen LogP contribution is -2.53. The van der Waals surface area contributed by atoms with Crippen molar-refractivity contribution in [3.63, 3.8) is 0 Å². The summed E-state index contributed by atoms with van der Waals surface area (Å²) in [6.07, 6.45) is 4.40. The molecule has 0 radical (unpaired) electrons. The number of hydrogen-bond acceptors (Lipinski definition) is 6. The SMILES string of the molecule is O=C1C2CC3CC1CC(COCC(F)(F)SOO[O-])(C3)C2. The first-order valence-electron chi connectivity index (χ1n) is 7.07. The molecule has 5 nitrogen and oxygen atoms in total. The molecule has 0 spiro atoms. The van der Waals surface area contributed by atoms with Gasteiger partial charge in [-0.05, 0) is 43.4 Å². The zero-order valence-electron chi connectivity index (χ0n) is 11.4. The molecule has 4 bridgehead atoms. The quantitative estimate of drug-likeness (QED) is 0.405. The zero-order valence-corrected chi connectivity index (χ0v) is 12.2. The highest BCUT2D eigenvalue weighted by Crippen LogP contribution is 2.58. The van der Waals surface area contributed by atoms with Crippen molar-refractivity contribution in [2.45, 2.75) is 37.4 Å². The average Bonchev–Trinajstić information content (AvgIpc) is 2.41. The molecule has 4 aliphatic rings. The average molecular weight is 323 g/mol. The second kappa shape index (κ2) is 5.73. The number of rotatable bonds is 7. The van der Waals surface area contributed by atoms with Crippen molar-refractivity contribution in [1.29, 1.82) is 0 Å². The van der Waals surface area contributed by atoms with Gasteiger partial charge in [-0.3, -0.25) is 9.83 Å². The maximum atomic E-state index is 13.3. The molecule has 0 aromatic rings. The van der Waals surface area contributed by atoms with Crippen LogP contribution in [0.2, 0.25) is 0 Å². The van der Waals surface area contributed by atoms with Crippen LogP contribution in [0.4, 0.5) is 8.78 Å². The highest BCUT2D eigenvalue weighted by atomic mass is 32.2. The van der Waals surface area contributed by atoms with Crippen molar-refractivity contribution < 1.29 is 32.9 Å². The molecule has 4 aliphatic carbocycles. The van der Waals surface area contributed by atoms with Gasteiger partial charge >= 0.3 is 5.25 Å². The molecule has 2 unspecified atom stereocenters. The van der Waals surface area contributed by atoms with Gasteiger partial charge in [0, 0.05) is 11.8 Å². The number of Topliss-reactive ketones (excluding diaryl/α,β-unsaturated/α-hetero) is 1. The van der Waals surface area contributed by atoms with Gasteiger partial charge in [0.1, 0.15) is 24.4 Å². The van der Waals surface area contributed by atoms with Crippen molar-refractivity contribution in [1.82, 2.24) is 0 Å². The third kappa shape index (κ3) is 3.24.